The van der Waals surface area contributed by atoms with Crippen molar-refractivity contribution in [3.05, 3.63) is 0 Å². The summed E-state index contributed by atoms with van der Waals surface area (Å²) in [5, 5.41) is 0. The highest BCUT2D eigenvalue weighted by Gasteiger charge is 2.39. The van der Waals surface area contributed by atoms with E-state index in [0.717, 1.165) is 6.54 Å². The van der Waals surface area contributed by atoms with Gasteiger partial charge < -0.3 is 15.5 Å². The van der Waals surface area contributed by atoms with E-state index in [1.165, 1.54) is 32.1 Å². The molecule has 2 amide bonds. The van der Waals surface area contributed by atoms with Crippen molar-refractivity contribution in [3.8, 4) is 0 Å². The van der Waals surface area contributed by atoms with Gasteiger partial charge in [0.05, 0.1) is 6.04 Å². The molecule has 98 valence electrons. The normalized spacial score (nSPS) is 28.9. The summed E-state index contributed by atoms with van der Waals surface area (Å²) < 4.78 is 0. The summed E-state index contributed by atoms with van der Waals surface area (Å²) in [7, 11) is 1.95. The first-order chi connectivity index (χ1) is 8.09. The van der Waals surface area contributed by atoms with Gasteiger partial charge in [0.1, 0.15) is 0 Å². The lowest BCUT2D eigenvalue weighted by atomic mass is 9.84. The second kappa shape index (κ2) is 5.25. The van der Waals surface area contributed by atoms with Gasteiger partial charge in [0.15, 0.2) is 0 Å². The maximum Gasteiger partial charge on any atom is 0.320 e. The summed E-state index contributed by atoms with van der Waals surface area (Å²) in [6.45, 7) is 3.52. The topological polar surface area (TPSA) is 49.6 Å². The van der Waals surface area contributed by atoms with Gasteiger partial charge in [-0.2, -0.15) is 0 Å². The average Bonchev–Trinajstić information content (AvgIpc) is 2.58. The largest absolute Gasteiger partial charge is 0.326 e. The molecule has 2 N–H and O–H groups in total. The number of amides is 2. The van der Waals surface area contributed by atoms with Crippen molar-refractivity contribution in [2.75, 3.05) is 20.1 Å². The Morgan fingerprint density at radius 1 is 1.35 bits per heavy atom. The zero-order valence-electron chi connectivity index (χ0n) is 11.1. The molecule has 1 aliphatic heterocycles. The highest BCUT2D eigenvalue weighted by Crippen LogP contribution is 2.32. The fourth-order valence-corrected chi connectivity index (χ4v) is 3.28. The van der Waals surface area contributed by atoms with Crippen LogP contribution in [0.1, 0.15) is 39.0 Å². The molecule has 0 aromatic carbocycles. The summed E-state index contributed by atoms with van der Waals surface area (Å²) in [6, 6.07) is 0.650. The number of likely N-dealkylation sites (N-methyl/N-ethyl adjacent to an activating group) is 1. The number of carbonyl (C=O) groups is 1. The Bertz CT molecular complexity index is 274. The number of carbonyl (C=O) groups excluding carboxylic acids is 1. The molecule has 2 unspecified atom stereocenters. The van der Waals surface area contributed by atoms with Crippen molar-refractivity contribution in [1.29, 1.82) is 0 Å². The molecule has 17 heavy (non-hydrogen) atoms. The minimum atomic E-state index is 0.0671. The van der Waals surface area contributed by atoms with E-state index in [0.29, 0.717) is 18.5 Å². The maximum atomic E-state index is 12.1. The standard InChI is InChI=1S/C13H25N3O/c1-10(14)8-16-9-12(15(2)13(16)17)11-6-4-3-5-7-11/h10-12H,3-9,14H2,1-2H3. The highest BCUT2D eigenvalue weighted by molar-refractivity contribution is 5.77. The predicted octanol–water partition coefficient (Wildman–Crippen LogP) is 1.65. The molecule has 0 bridgehead atoms. The number of nitrogens with zero attached hydrogens (tertiary/aromatic N) is 2. The van der Waals surface area contributed by atoms with Crippen LogP contribution in [0.3, 0.4) is 0 Å². The van der Waals surface area contributed by atoms with Crippen LogP contribution in [0.5, 0.6) is 0 Å². The SMILES string of the molecule is CC(N)CN1CC(C2CCCCC2)N(C)C1=O. The van der Waals surface area contributed by atoms with Crippen molar-refractivity contribution >= 4 is 6.03 Å². The summed E-state index contributed by atoms with van der Waals surface area (Å²) in [4.78, 5) is 16.0. The van der Waals surface area contributed by atoms with E-state index in [1.54, 1.807) is 0 Å². The fourth-order valence-electron chi connectivity index (χ4n) is 3.28. The first-order valence-corrected chi connectivity index (χ1v) is 6.87. The number of urea groups is 1. The van der Waals surface area contributed by atoms with E-state index in [-0.39, 0.29) is 12.1 Å². The zero-order chi connectivity index (χ0) is 12.4. The third-order valence-corrected chi connectivity index (χ3v) is 4.18. The average molecular weight is 239 g/mol. The molecule has 1 saturated heterocycles. The smallest absolute Gasteiger partial charge is 0.320 e. The predicted molar refractivity (Wildman–Crippen MR) is 68.7 cm³/mol. The molecule has 1 saturated carbocycles. The van der Waals surface area contributed by atoms with Gasteiger partial charge in [-0.1, -0.05) is 19.3 Å². The molecule has 0 aromatic rings. The van der Waals surface area contributed by atoms with Crippen LogP contribution in [-0.4, -0.2) is 48.1 Å². The third kappa shape index (κ3) is 2.73. The molecular weight excluding hydrogens is 214 g/mol. The quantitative estimate of drug-likeness (QED) is 0.814. The van der Waals surface area contributed by atoms with Crippen LogP contribution >= 0.6 is 0 Å². The molecule has 1 aliphatic carbocycles. The molecule has 2 fully saturated rings. The molecule has 2 rings (SSSR count). The van der Waals surface area contributed by atoms with Crippen molar-refractivity contribution in [2.24, 2.45) is 11.7 Å². The van der Waals surface area contributed by atoms with Crippen molar-refractivity contribution < 1.29 is 4.79 Å². The van der Waals surface area contributed by atoms with E-state index in [1.807, 2.05) is 23.8 Å². The van der Waals surface area contributed by atoms with Crippen LogP contribution in [0.2, 0.25) is 0 Å². The van der Waals surface area contributed by atoms with Crippen LogP contribution < -0.4 is 5.73 Å². The highest BCUT2D eigenvalue weighted by atomic mass is 16.2. The molecule has 2 atom stereocenters. The van der Waals surface area contributed by atoms with Gasteiger partial charge in [-0.05, 0) is 25.7 Å². The van der Waals surface area contributed by atoms with Gasteiger partial charge in [0.2, 0.25) is 0 Å². The first-order valence-electron chi connectivity index (χ1n) is 6.87. The van der Waals surface area contributed by atoms with E-state index in [4.69, 9.17) is 5.73 Å². The zero-order valence-corrected chi connectivity index (χ0v) is 11.1. The summed E-state index contributed by atoms with van der Waals surface area (Å²) in [6.07, 6.45) is 6.60. The molecule has 4 heteroatoms. The maximum absolute atomic E-state index is 12.1. The molecule has 2 aliphatic rings. The Balaban J connectivity index is 1.97. The third-order valence-electron chi connectivity index (χ3n) is 4.18. The van der Waals surface area contributed by atoms with E-state index >= 15 is 0 Å². The Morgan fingerprint density at radius 2 is 2.00 bits per heavy atom. The minimum absolute atomic E-state index is 0.0671. The molecular formula is C13H25N3O. The molecule has 4 nitrogen and oxygen atoms in total. The van der Waals surface area contributed by atoms with Gasteiger partial charge in [-0.3, -0.25) is 0 Å². The number of hydrogen-bond donors (Lipinski definition) is 1. The lowest BCUT2D eigenvalue weighted by molar-refractivity contribution is 0.179. The number of nitrogens with two attached hydrogens (primary N) is 1. The van der Waals surface area contributed by atoms with E-state index in [9.17, 15) is 4.79 Å². The minimum Gasteiger partial charge on any atom is -0.326 e. The monoisotopic (exact) mass is 239 g/mol. The van der Waals surface area contributed by atoms with Crippen LogP contribution in [0, 0.1) is 5.92 Å². The van der Waals surface area contributed by atoms with E-state index < -0.39 is 0 Å². The van der Waals surface area contributed by atoms with Gasteiger partial charge >= 0.3 is 6.03 Å². The Labute approximate surface area is 104 Å². The molecule has 0 aromatic heterocycles. The Morgan fingerprint density at radius 3 is 2.59 bits per heavy atom. The van der Waals surface area contributed by atoms with Crippen molar-refractivity contribution in [1.82, 2.24) is 9.80 Å². The number of hydrogen-bond acceptors (Lipinski definition) is 2. The molecule has 1 heterocycles. The first kappa shape index (κ1) is 12.7. The van der Waals surface area contributed by atoms with Crippen molar-refractivity contribution in [2.45, 2.75) is 51.1 Å². The fraction of sp³-hybridized carbons (Fsp3) is 0.923. The lowest BCUT2D eigenvalue weighted by Gasteiger charge is -2.30. The Kier molecular flexibility index (Phi) is 3.92. The second-order valence-electron chi connectivity index (χ2n) is 5.74. The summed E-state index contributed by atoms with van der Waals surface area (Å²) >= 11 is 0. The van der Waals surface area contributed by atoms with Gasteiger partial charge in [-0.25, -0.2) is 4.79 Å². The Hall–Kier alpha value is -0.770. The molecule has 0 radical (unpaired) electrons. The van der Waals surface area contributed by atoms with Crippen LogP contribution in [0.4, 0.5) is 4.79 Å². The lowest BCUT2D eigenvalue weighted by Crippen LogP contribution is -2.38. The van der Waals surface area contributed by atoms with Gasteiger partial charge in [-0.15, -0.1) is 0 Å². The van der Waals surface area contributed by atoms with Crippen molar-refractivity contribution in [3.63, 3.8) is 0 Å². The van der Waals surface area contributed by atoms with Crippen LogP contribution in [0.15, 0.2) is 0 Å². The number of rotatable bonds is 3. The van der Waals surface area contributed by atoms with Gasteiger partial charge in [0.25, 0.3) is 0 Å². The van der Waals surface area contributed by atoms with Crippen LogP contribution in [-0.2, 0) is 0 Å². The molecule has 0 spiro atoms. The van der Waals surface area contributed by atoms with Gasteiger partial charge in [0, 0.05) is 26.2 Å². The van der Waals surface area contributed by atoms with Crippen LogP contribution in [0.25, 0.3) is 0 Å². The summed E-state index contributed by atoms with van der Waals surface area (Å²) in [5.41, 5.74) is 5.79. The van der Waals surface area contributed by atoms with E-state index in [2.05, 4.69) is 0 Å². The second-order valence-corrected chi connectivity index (χ2v) is 5.74. The summed E-state index contributed by atoms with van der Waals surface area (Å²) in [5.74, 6) is 0.704.